The third-order valence-electron chi connectivity index (χ3n) is 2.60. The molecule has 0 saturated carbocycles. The van der Waals surface area contributed by atoms with Crippen molar-refractivity contribution in [3.05, 3.63) is 45.7 Å². The van der Waals surface area contributed by atoms with E-state index in [1.165, 1.54) is 0 Å². The minimum Gasteiger partial charge on any atom is -0.364 e. The van der Waals surface area contributed by atoms with Crippen LogP contribution >= 0.6 is 23.2 Å². The molecule has 0 aliphatic rings. The van der Waals surface area contributed by atoms with Gasteiger partial charge in [-0.25, -0.2) is 0 Å². The van der Waals surface area contributed by atoms with Crippen LogP contribution in [0.5, 0.6) is 0 Å². The van der Waals surface area contributed by atoms with Crippen LogP contribution in [0, 0.1) is 6.92 Å². The van der Waals surface area contributed by atoms with Gasteiger partial charge in [0.25, 0.3) is 0 Å². The molecule has 0 atom stereocenters. The van der Waals surface area contributed by atoms with E-state index in [1.807, 2.05) is 6.92 Å². The van der Waals surface area contributed by atoms with Crippen molar-refractivity contribution >= 4 is 29.0 Å². The molecule has 2 nitrogen and oxygen atoms in total. The second-order valence-electron chi connectivity index (χ2n) is 3.92. The number of aryl methyl sites for hydroxylation is 1. The van der Waals surface area contributed by atoms with E-state index in [-0.39, 0.29) is 5.78 Å². The number of Topliss-reactive ketones (excluding diaryl/α,β-unsaturated/α-hetero) is 1. The molecule has 1 N–H and O–H groups in total. The van der Waals surface area contributed by atoms with Crippen LogP contribution in [0.4, 0.5) is 0 Å². The van der Waals surface area contributed by atoms with E-state index < -0.39 is 0 Å². The van der Waals surface area contributed by atoms with Crippen molar-refractivity contribution in [1.29, 1.82) is 0 Å². The number of carbonyl (C=O) groups is 1. The molecule has 0 amide bonds. The minimum absolute atomic E-state index is 0.0230. The lowest BCUT2D eigenvalue weighted by molar-refractivity contribution is 0.101. The summed E-state index contributed by atoms with van der Waals surface area (Å²) in [4.78, 5) is 14.7. The Hall–Kier alpha value is -1.25. The van der Waals surface area contributed by atoms with Crippen LogP contribution in [0.3, 0.4) is 0 Å². The monoisotopic (exact) mass is 267 g/mol. The predicted molar refractivity (Wildman–Crippen MR) is 71.0 cm³/mol. The van der Waals surface area contributed by atoms with Gasteiger partial charge in [-0.05, 0) is 37.6 Å². The first-order valence-corrected chi connectivity index (χ1v) is 5.90. The Bertz CT molecular complexity index is 567. The number of aromatic amines is 1. The molecular formula is C13H11Cl2NO. The summed E-state index contributed by atoms with van der Waals surface area (Å²) < 4.78 is 0. The maximum atomic E-state index is 11.6. The topological polar surface area (TPSA) is 32.9 Å². The van der Waals surface area contributed by atoms with Crippen LogP contribution in [0.15, 0.2) is 24.4 Å². The van der Waals surface area contributed by atoms with Gasteiger partial charge in [0.05, 0.1) is 0 Å². The molecule has 1 heterocycles. The Kier molecular flexibility index (Phi) is 3.27. The quantitative estimate of drug-likeness (QED) is 0.799. The van der Waals surface area contributed by atoms with Crippen molar-refractivity contribution in [2.24, 2.45) is 0 Å². The number of nitrogens with one attached hydrogen (secondary N) is 1. The van der Waals surface area contributed by atoms with E-state index in [0.717, 1.165) is 16.8 Å². The summed E-state index contributed by atoms with van der Waals surface area (Å²) in [6, 6.07) is 5.25. The Balaban J connectivity index is 2.64. The number of ketones is 1. The van der Waals surface area contributed by atoms with Gasteiger partial charge in [0, 0.05) is 33.1 Å². The van der Waals surface area contributed by atoms with Crippen molar-refractivity contribution in [2.45, 2.75) is 13.8 Å². The summed E-state index contributed by atoms with van der Waals surface area (Å²) in [6.07, 6.45) is 1.80. The van der Waals surface area contributed by atoms with Crippen LogP contribution < -0.4 is 0 Å². The molecule has 88 valence electrons. The van der Waals surface area contributed by atoms with E-state index in [4.69, 9.17) is 23.2 Å². The highest BCUT2D eigenvalue weighted by Crippen LogP contribution is 2.31. The predicted octanol–water partition coefficient (Wildman–Crippen LogP) is 4.50. The van der Waals surface area contributed by atoms with Crippen LogP contribution in [0.2, 0.25) is 10.0 Å². The summed E-state index contributed by atoms with van der Waals surface area (Å²) in [7, 11) is 0. The normalized spacial score (nSPS) is 10.6. The summed E-state index contributed by atoms with van der Waals surface area (Å²) in [5.74, 6) is 0.0230. The fourth-order valence-corrected chi connectivity index (χ4v) is 2.44. The lowest BCUT2D eigenvalue weighted by Crippen LogP contribution is -1.95. The van der Waals surface area contributed by atoms with Crippen molar-refractivity contribution in [1.82, 2.24) is 4.98 Å². The second kappa shape index (κ2) is 4.55. The lowest BCUT2D eigenvalue weighted by Gasteiger charge is -2.04. The van der Waals surface area contributed by atoms with E-state index in [2.05, 4.69) is 4.98 Å². The standard InChI is InChI=1S/C13H11Cl2NO/c1-7-13(8(2)17)12(6-16-7)9-3-10(14)5-11(15)4-9/h3-6,16H,1-2H3. The number of carbonyl (C=O) groups excluding carboxylic acids is 1. The molecule has 0 bridgehead atoms. The lowest BCUT2D eigenvalue weighted by atomic mass is 10.0. The number of benzene rings is 1. The zero-order valence-electron chi connectivity index (χ0n) is 9.47. The molecule has 0 aliphatic carbocycles. The maximum Gasteiger partial charge on any atom is 0.162 e. The summed E-state index contributed by atoms with van der Waals surface area (Å²) in [5, 5.41) is 1.11. The number of aromatic nitrogens is 1. The van der Waals surface area contributed by atoms with Crippen molar-refractivity contribution < 1.29 is 4.79 Å². The number of H-pyrrole nitrogens is 1. The molecule has 17 heavy (non-hydrogen) atoms. The summed E-state index contributed by atoms with van der Waals surface area (Å²) >= 11 is 11.9. The largest absolute Gasteiger partial charge is 0.364 e. The number of halogens is 2. The Labute approximate surface area is 110 Å². The van der Waals surface area contributed by atoms with E-state index >= 15 is 0 Å². The smallest absolute Gasteiger partial charge is 0.162 e. The molecule has 0 spiro atoms. The highest BCUT2D eigenvalue weighted by Gasteiger charge is 2.14. The van der Waals surface area contributed by atoms with Crippen LogP contribution in [0.25, 0.3) is 11.1 Å². The van der Waals surface area contributed by atoms with E-state index in [1.54, 1.807) is 31.3 Å². The minimum atomic E-state index is 0.0230. The number of hydrogen-bond donors (Lipinski definition) is 1. The number of hydrogen-bond acceptors (Lipinski definition) is 1. The second-order valence-corrected chi connectivity index (χ2v) is 4.79. The Morgan fingerprint density at radius 2 is 1.76 bits per heavy atom. The zero-order valence-corrected chi connectivity index (χ0v) is 11.0. The van der Waals surface area contributed by atoms with Gasteiger partial charge >= 0.3 is 0 Å². The van der Waals surface area contributed by atoms with Gasteiger partial charge in [-0.15, -0.1) is 0 Å². The summed E-state index contributed by atoms with van der Waals surface area (Å²) in [5.41, 5.74) is 3.21. The molecule has 1 aromatic carbocycles. The molecule has 0 unspecified atom stereocenters. The first-order valence-electron chi connectivity index (χ1n) is 5.14. The van der Waals surface area contributed by atoms with Gasteiger partial charge in [0.1, 0.15) is 0 Å². The van der Waals surface area contributed by atoms with Gasteiger partial charge in [-0.3, -0.25) is 4.79 Å². The first-order chi connectivity index (χ1) is 7.99. The molecule has 4 heteroatoms. The van der Waals surface area contributed by atoms with Crippen LogP contribution in [-0.2, 0) is 0 Å². The molecule has 0 fully saturated rings. The number of rotatable bonds is 2. The molecule has 2 rings (SSSR count). The average molecular weight is 268 g/mol. The highest BCUT2D eigenvalue weighted by molar-refractivity contribution is 6.35. The molecule has 2 aromatic rings. The van der Waals surface area contributed by atoms with Crippen molar-refractivity contribution in [2.75, 3.05) is 0 Å². The fourth-order valence-electron chi connectivity index (χ4n) is 1.92. The Morgan fingerprint density at radius 1 is 1.18 bits per heavy atom. The van der Waals surface area contributed by atoms with Crippen LogP contribution in [-0.4, -0.2) is 10.8 Å². The van der Waals surface area contributed by atoms with Crippen molar-refractivity contribution in [3.8, 4) is 11.1 Å². The fraction of sp³-hybridized carbons (Fsp3) is 0.154. The SMILES string of the molecule is CC(=O)c1c(-c2cc(Cl)cc(Cl)c2)c[nH]c1C. The highest BCUT2D eigenvalue weighted by atomic mass is 35.5. The zero-order chi connectivity index (χ0) is 12.6. The van der Waals surface area contributed by atoms with E-state index in [0.29, 0.717) is 15.6 Å². The Morgan fingerprint density at radius 3 is 2.29 bits per heavy atom. The summed E-state index contributed by atoms with van der Waals surface area (Å²) in [6.45, 7) is 3.41. The molecular weight excluding hydrogens is 257 g/mol. The maximum absolute atomic E-state index is 11.6. The molecule has 1 aromatic heterocycles. The van der Waals surface area contributed by atoms with Gasteiger partial charge < -0.3 is 4.98 Å². The van der Waals surface area contributed by atoms with Gasteiger partial charge in [-0.1, -0.05) is 23.2 Å². The van der Waals surface area contributed by atoms with Gasteiger partial charge in [-0.2, -0.15) is 0 Å². The third kappa shape index (κ3) is 2.38. The molecule has 0 aliphatic heterocycles. The van der Waals surface area contributed by atoms with E-state index in [9.17, 15) is 4.79 Å². The third-order valence-corrected chi connectivity index (χ3v) is 3.04. The molecule has 0 radical (unpaired) electrons. The molecule has 0 saturated heterocycles. The van der Waals surface area contributed by atoms with Crippen molar-refractivity contribution in [3.63, 3.8) is 0 Å². The average Bonchev–Trinajstić information content (AvgIpc) is 2.58. The van der Waals surface area contributed by atoms with Gasteiger partial charge in [0.15, 0.2) is 5.78 Å². The van der Waals surface area contributed by atoms with Crippen LogP contribution in [0.1, 0.15) is 23.0 Å². The first kappa shape index (κ1) is 12.2. The van der Waals surface area contributed by atoms with Gasteiger partial charge in [0.2, 0.25) is 0 Å².